The van der Waals surface area contributed by atoms with Crippen LogP contribution in [0.5, 0.6) is 0 Å². The molecule has 0 spiro atoms. The Hall–Kier alpha value is -2.83. The number of carbonyl (C=O) groups excluding carboxylic acids is 2. The highest BCUT2D eigenvalue weighted by Gasteiger charge is 2.14. The lowest BCUT2D eigenvalue weighted by molar-refractivity contribution is -0.116. The summed E-state index contributed by atoms with van der Waals surface area (Å²) in [6, 6.07) is 19.1. The zero-order valence-electron chi connectivity index (χ0n) is 16.5. The van der Waals surface area contributed by atoms with E-state index in [1.807, 2.05) is 37.3 Å². The van der Waals surface area contributed by atoms with Gasteiger partial charge in [0, 0.05) is 26.4 Å². The standard InChI is InChI=1S/C23H21BrClN3O2/c1-14-3-12-21(20(24)13-14)28-22(29)15(2)26-18-8-10-19(11-9-18)27-23(30)16-4-6-17(25)7-5-16/h3-13,15,26H,1-2H3,(H,27,30)(H,28,29). The first kappa shape index (κ1) is 21.9. The average molecular weight is 487 g/mol. The van der Waals surface area contributed by atoms with E-state index < -0.39 is 6.04 Å². The number of benzene rings is 3. The van der Waals surface area contributed by atoms with Gasteiger partial charge in [-0.3, -0.25) is 9.59 Å². The van der Waals surface area contributed by atoms with Crippen LogP contribution < -0.4 is 16.0 Å². The molecule has 3 aromatic carbocycles. The Labute approximate surface area is 189 Å². The molecule has 1 unspecified atom stereocenters. The molecular weight excluding hydrogens is 466 g/mol. The van der Waals surface area contributed by atoms with E-state index in [9.17, 15) is 9.59 Å². The third kappa shape index (κ3) is 5.84. The van der Waals surface area contributed by atoms with Gasteiger partial charge in [-0.05, 0) is 96.0 Å². The summed E-state index contributed by atoms with van der Waals surface area (Å²) in [5, 5.41) is 9.47. The molecule has 0 saturated heterocycles. The number of rotatable bonds is 6. The molecule has 154 valence electrons. The second-order valence-electron chi connectivity index (χ2n) is 6.88. The van der Waals surface area contributed by atoms with Crippen LogP contribution in [0.1, 0.15) is 22.8 Å². The molecule has 0 fully saturated rings. The molecule has 0 saturated carbocycles. The van der Waals surface area contributed by atoms with Crippen molar-refractivity contribution in [2.75, 3.05) is 16.0 Å². The van der Waals surface area contributed by atoms with Gasteiger partial charge in [0.1, 0.15) is 6.04 Å². The van der Waals surface area contributed by atoms with E-state index in [-0.39, 0.29) is 11.8 Å². The van der Waals surface area contributed by atoms with Crippen molar-refractivity contribution in [3.63, 3.8) is 0 Å². The highest BCUT2D eigenvalue weighted by Crippen LogP contribution is 2.24. The van der Waals surface area contributed by atoms with Crippen LogP contribution in [0.15, 0.2) is 71.2 Å². The van der Waals surface area contributed by atoms with E-state index in [0.717, 1.165) is 21.4 Å². The number of carbonyl (C=O) groups is 2. The molecule has 0 heterocycles. The first-order valence-corrected chi connectivity index (χ1v) is 10.5. The minimum absolute atomic E-state index is 0.153. The average Bonchev–Trinajstić information content (AvgIpc) is 2.72. The lowest BCUT2D eigenvalue weighted by atomic mass is 10.2. The molecule has 0 radical (unpaired) electrons. The number of halogens is 2. The predicted octanol–water partition coefficient (Wildman–Crippen LogP) is 6.10. The Kier molecular flexibility index (Phi) is 7.13. The van der Waals surface area contributed by atoms with Crippen molar-refractivity contribution in [3.8, 4) is 0 Å². The van der Waals surface area contributed by atoms with Crippen molar-refractivity contribution < 1.29 is 9.59 Å². The van der Waals surface area contributed by atoms with Crippen molar-refractivity contribution in [2.24, 2.45) is 0 Å². The Morgan fingerprint density at radius 2 is 1.53 bits per heavy atom. The molecule has 0 bridgehead atoms. The Morgan fingerprint density at radius 1 is 0.900 bits per heavy atom. The zero-order valence-corrected chi connectivity index (χ0v) is 18.8. The largest absolute Gasteiger partial charge is 0.374 e. The highest BCUT2D eigenvalue weighted by molar-refractivity contribution is 9.10. The van der Waals surface area contributed by atoms with Gasteiger partial charge < -0.3 is 16.0 Å². The summed E-state index contributed by atoms with van der Waals surface area (Å²) in [4.78, 5) is 24.8. The molecule has 2 amide bonds. The Balaban J connectivity index is 1.57. The van der Waals surface area contributed by atoms with E-state index in [4.69, 9.17) is 11.6 Å². The molecule has 0 aliphatic rings. The molecular formula is C23H21BrClN3O2. The van der Waals surface area contributed by atoms with E-state index in [1.54, 1.807) is 43.3 Å². The van der Waals surface area contributed by atoms with Gasteiger partial charge >= 0.3 is 0 Å². The maximum atomic E-state index is 12.5. The fourth-order valence-electron chi connectivity index (χ4n) is 2.73. The van der Waals surface area contributed by atoms with Gasteiger partial charge in [-0.25, -0.2) is 0 Å². The molecule has 5 nitrogen and oxygen atoms in total. The van der Waals surface area contributed by atoms with E-state index >= 15 is 0 Å². The molecule has 7 heteroatoms. The third-order valence-electron chi connectivity index (χ3n) is 4.41. The van der Waals surface area contributed by atoms with Crippen molar-refractivity contribution in [2.45, 2.75) is 19.9 Å². The summed E-state index contributed by atoms with van der Waals surface area (Å²) >= 11 is 9.31. The number of amides is 2. The van der Waals surface area contributed by atoms with E-state index in [1.165, 1.54) is 0 Å². The summed E-state index contributed by atoms with van der Waals surface area (Å²) in [6.07, 6.45) is 0. The summed E-state index contributed by atoms with van der Waals surface area (Å²) in [6.45, 7) is 3.77. The van der Waals surface area contributed by atoms with Crippen LogP contribution >= 0.6 is 27.5 Å². The summed E-state index contributed by atoms with van der Waals surface area (Å²) < 4.78 is 0.837. The predicted molar refractivity (Wildman–Crippen MR) is 126 cm³/mol. The fraction of sp³-hybridized carbons (Fsp3) is 0.130. The van der Waals surface area contributed by atoms with Gasteiger partial charge in [0.05, 0.1) is 5.69 Å². The van der Waals surface area contributed by atoms with Crippen molar-refractivity contribution in [1.82, 2.24) is 0 Å². The highest BCUT2D eigenvalue weighted by atomic mass is 79.9. The Morgan fingerprint density at radius 3 is 2.17 bits per heavy atom. The van der Waals surface area contributed by atoms with Crippen LogP contribution in [-0.2, 0) is 4.79 Å². The van der Waals surface area contributed by atoms with Crippen LogP contribution in [-0.4, -0.2) is 17.9 Å². The van der Waals surface area contributed by atoms with Crippen molar-refractivity contribution in [1.29, 1.82) is 0 Å². The lowest BCUT2D eigenvalue weighted by Crippen LogP contribution is -2.32. The lowest BCUT2D eigenvalue weighted by Gasteiger charge is -2.16. The van der Waals surface area contributed by atoms with E-state index in [2.05, 4.69) is 31.9 Å². The van der Waals surface area contributed by atoms with Crippen LogP contribution in [0.2, 0.25) is 5.02 Å². The molecule has 1 atom stereocenters. The van der Waals surface area contributed by atoms with Gasteiger partial charge in [-0.1, -0.05) is 17.7 Å². The normalized spacial score (nSPS) is 11.5. The molecule has 3 N–H and O–H groups in total. The number of aryl methyl sites for hydroxylation is 1. The summed E-state index contributed by atoms with van der Waals surface area (Å²) in [7, 11) is 0. The molecule has 0 aliphatic heterocycles. The van der Waals surface area contributed by atoms with Crippen LogP contribution in [0.25, 0.3) is 0 Å². The van der Waals surface area contributed by atoms with E-state index in [0.29, 0.717) is 16.3 Å². The molecule has 30 heavy (non-hydrogen) atoms. The fourth-order valence-corrected chi connectivity index (χ4v) is 3.45. The molecule has 0 aliphatic carbocycles. The first-order chi connectivity index (χ1) is 14.3. The smallest absolute Gasteiger partial charge is 0.255 e. The van der Waals surface area contributed by atoms with Gasteiger partial charge in [-0.15, -0.1) is 0 Å². The number of anilines is 3. The first-order valence-electron chi connectivity index (χ1n) is 9.32. The Bertz CT molecular complexity index is 1050. The SMILES string of the molecule is Cc1ccc(NC(=O)C(C)Nc2ccc(NC(=O)c3ccc(Cl)cc3)cc2)c(Br)c1. The minimum atomic E-state index is -0.451. The van der Waals surface area contributed by atoms with Crippen LogP contribution in [0.4, 0.5) is 17.1 Å². The third-order valence-corrected chi connectivity index (χ3v) is 5.32. The maximum Gasteiger partial charge on any atom is 0.255 e. The zero-order chi connectivity index (χ0) is 21.7. The topological polar surface area (TPSA) is 70.2 Å². The monoisotopic (exact) mass is 485 g/mol. The van der Waals surface area contributed by atoms with Gasteiger partial charge in [0.15, 0.2) is 0 Å². The number of hydrogen-bond donors (Lipinski definition) is 3. The molecule has 3 aromatic rings. The minimum Gasteiger partial charge on any atom is -0.374 e. The molecule has 3 rings (SSSR count). The second-order valence-corrected chi connectivity index (χ2v) is 8.17. The van der Waals surface area contributed by atoms with Crippen LogP contribution in [0.3, 0.4) is 0 Å². The van der Waals surface area contributed by atoms with Crippen molar-refractivity contribution >= 4 is 56.4 Å². The maximum absolute atomic E-state index is 12.5. The van der Waals surface area contributed by atoms with Gasteiger partial charge in [0.25, 0.3) is 5.91 Å². The quantitative estimate of drug-likeness (QED) is 0.394. The summed E-state index contributed by atoms with van der Waals surface area (Å²) in [5.74, 6) is -0.372. The number of nitrogens with one attached hydrogen (secondary N) is 3. The number of hydrogen-bond acceptors (Lipinski definition) is 3. The second kappa shape index (κ2) is 9.78. The summed E-state index contributed by atoms with van der Waals surface area (Å²) in [5.41, 5.74) is 3.77. The molecule has 0 aromatic heterocycles. The van der Waals surface area contributed by atoms with Gasteiger partial charge in [-0.2, -0.15) is 0 Å². The van der Waals surface area contributed by atoms with Crippen molar-refractivity contribution in [3.05, 3.63) is 87.4 Å². The van der Waals surface area contributed by atoms with Gasteiger partial charge in [0.2, 0.25) is 5.91 Å². The van der Waals surface area contributed by atoms with Crippen LogP contribution in [0, 0.1) is 6.92 Å².